The molecule has 7 nitrogen and oxygen atoms in total. The van der Waals surface area contributed by atoms with Crippen LogP contribution in [0.4, 0.5) is 0 Å². The summed E-state index contributed by atoms with van der Waals surface area (Å²) < 4.78 is 8.03. The van der Waals surface area contributed by atoms with Crippen LogP contribution in [0.1, 0.15) is 31.0 Å². The zero-order valence-electron chi connectivity index (χ0n) is 11.3. The predicted molar refractivity (Wildman–Crippen MR) is 70.5 cm³/mol. The maximum absolute atomic E-state index is 12.3. The van der Waals surface area contributed by atoms with Crippen LogP contribution in [-0.4, -0.2) is 31.7 Å². The quantitative estimate of drug-likeness (QED) is 0.755. The molecule has 0 saturated carbocycles. The number of nitrogens with zero attached hydrogens (tertiary/aromatic N) is 4. The van der Waals surface area contributed by atoms with Gasteiger partial charge in [-0.3, -0.25) is 9.59 Å². The highest BCUT2D eigenvalue weighted by Gasteiger charge is 2.22. The number of ether oxygens (including phenoxy) is 1. The minimum atomic E-state index is -0.325. The number of hydrogen-bond acceptors (Lipinski definition) is 5. The van der Waals surface area contributed by atoms with Crippen molar-refractivity contribution in [2.24, 2.45) is 0 Å². The summed E-state index contributed by atoms with van der Waals surface area (Å²) in [5, 5.41) is 3.96. The number of rotatable bonds is 3. The van der Waals surface area contributed by atoms with Gasteiger partial charge in [0.2, 0.25) is 5.78 Å². The molecule has 0 spiro atoms. The van der Waals surface area contributed by atoms with Crippen molar-refractivity contribution in [1.82, 2.24) is 19.2 Å². The van der Waals surface area contributed by atoms with E-state index in [0.29, 0.717) is 12.4 Å². The smallest absolute Gasteiger partial charge is 0.326 e. The Labute approximate surface area is 115 Å². The number of carbonyl (C=O) groups is 1. The second kappa shape index (κ2) is 5.07. The van der Waals surface area contributed by atoms with Gasteiger partial charge in [-0.2, -0.15) is 14.6 Å². The van der Waals surface area contributed by atoms with Crippen LogP contribution >= 0.6 is 0 Å². The Morgan fingerprint density at radius 2 is 2.20 bits per heavy atom. The summed E-state index contributed by atoms with van der Waals surface area (Å²) in [4.78, 5) is 28.2. The van der Waals surface area contributed by atoms with Crippen molar-refractivity contribution in [1.29, 1.82) is 0 Å². The molecule has 0 aliphatic heterocycles. The Balaban J connectivity index is 2.18. The van der Waals surface area contributed by atoms with Crippen molar-refractivity contribution in [3.63, 3.8) is 0 Å². The normalized spacial score (nSPS) is 14.2. The van der Waals surface area contributed by atoms with Gasteiger partial charge in [0.05, 0.1) is 6.61 Å². The fourth-order valence-corrected chi connectivity index (χ4v) is 2.73. The molecule has 7 heteroatoms. The number of hydrogen-bond donors (Lipinski definition) is 0. The average molecular weight is 276 g/mol. The number of esters is 1. The molecule has 0 saturated heterocycles. The molecule has 1 aliphatic carbocycles. The molecule has 2 heterocycles. The van der Waals surface area contributed by atoms with Gasteiger partial charge in [-0.15, -0.1) is 0 Å². The summed E-state index contributed by atoms with van der Waals surface area (Å²) in [6, 6.07) is 0. The molecule has 3 rings (SSSR count). The molecule has 0 atom stereocenters. The molecule has 0 unspecified atom stereocenters. The van der Waals surface area contributed by atoms with E-state index in [-0.39, 0.29) is 18.1 Å². The van der Waals surface area contributed by atoms with Crippen LogP contribution < -0.4 is 5.56 Å². The molecule has 0 amide bonds. The van der Waals surface area contributed by atoms with E-state index in [4.69, 9.17) is 4.74 Å². The molecule has 2 aromatic rings. The lowest BCUT2D eigenvalue weighted by Gasteiger charge is -2.20. The maximum atomic E-state index is 12.3. The molecule has 106 valence electrons. The zero-order chi connectivity index (χ0) is 14.1. The zero-order valence-corrected chi connectivity index (χ0v) is 11.3. The third kappa shape index (κ3) is 1.99. The van der Waals surface area contributed by atoms with Crippen molar-refractivity contribution >= 4 is 11.7 Å². The topological polar surface area (TPSA) is 78.5 Å². The Hall–Kier alpha value is -2.18. The van der Waals surface area contributed by atoms with Gasteiger partial charge in [-0.1, -0.05) is 0 Å². The highest BCUT2D eigenvalue weighted by molar-refractivity contribution is 5.70. The van der Waals surface area contributed by atoms with E-state index in [9.17, 15) is 9.59 Å². The Morgan fingerprint density at radius 1 is 1.40 bits per heavy atom. The summed E-state index contributed by atoms with van der Waals surface area (Å²) in [7, 11) is 0. The van der Waals surface area contributed by atoms with Crippen LogP contribution in [0.25, 0.3) is 5.78 Å². The van der Waals surface area contributed by atoms with E-state index < -0.39 is 0 Å². The van der Waals surface area contributed by atoms with Gasteiger partial charge >= 0.3 is 5.97 Å². The summed E-state index contributed by atoms with van der Waals surface area (Å²) in [6.45, 7) is 2.17. The first-order valence-electron chi connectivity index (χ1n) is 6.82. The summed E-state index contributed by atoms with van der Waals surface area (Å²) >= 11 is 0. The molecule has 2 aromatic heterocycles. The van der Waals surface area contributed by atoms with E-state index in [1.54, 1.807) is 11.5 Å². The van der Waals surface area contributed by atoms with Crippen LogP contribution in [0.5, 0.6) is 0 Å². The van der Waals surface area contributed by atoms with Crippen molar-refractivity contribution < 1.29 is 9.53 Å². The molecule has 0 bridgehead atoms. The van der Waals surface area contributed by atoms with Gasteiger partial charge in [0, 0.05) is 11.3 Å². The molecule has 0 fully saturated rings. The second-order valence-electron chi connectivity index (χ2n) is 4.80. The SMILES string of the molecule is CCOC(=O)Cn1c2c(c(=O)n3ncnc13)CCCC2. The van der Waals surface area contributed by atoms with Crippen molar-refractivity contribution in [2.75, 3.05) is 6.61 Å². The molecule has 1 aliphatic rings. The largest absolute Gasteiger partial charge is 0.465 e. The van der Waals surface area contributed by atoms with Gasteiger partial charge in [0.15, 0.2) is 0 Å². The predicted octanol–water partition coefficient (Wildman–Crippen LogP) is 0.333. The Kier molecular flexibility index (Phi) is 3.25. The van der Waals surface area contributed by atoms with Gasteiger partial charge in [-0.25, -0.2) is 0 Å². The van der Waals surface area contributed by atoms with Gasteiger partial charge < -0.3 is 9.30 Å². The fraction of sp³-hybridized carbons (Fsp3) is 0.538. The third-order valence-electron chi connectivity index (χ3n) is 3.58. The molecular formula is C13H16N4O3. The van der Waals surface area contributed by atoms with Crippen LogP contribution in [0.2, 0.25) is 0 Å². The van der Waals surface area contributed by atoms with Crippen LogP contribution in [0.15, 0.2) is 11.1 Å². The third-order valence-corrected chi connectivity index (χ3v) is 3.58. The molecule has 0 aromatic carbocycles. The second-order valence-corrected chi connectivity index (χ2v) is 4.80. The Bertz CT molecular complexity index is 716. The average Bonchev–Trinajstić information content (AvgIpc) is 2.93. The number of carbonyl (C=O) groups excluding carboxylic acids is 1. The van der Waals surface area contributed by atoms with Crippen LogP contribution in [0.3, 0.4) is 0 Å². The molecule has 0 N–H and O–H groups in total. The van der Waals surface area contributed by atoms with E-state index in [2.05, 4.69) is 10.1 Å². The molecule has 20 heavy (non-hydrogen) atoms. The van der Waals surface area contributed by atoms with Crippen molar-refractivity contribution in [3.05, 3.63) is 27.9 Å². The summed E-state index contributed by atoms with van der Waals surface area (Å²) in [6.07, 6.45) is 4.85. The van der Waals surface area contributed by atoms with Crippen LogP contribution in [0, 0.1) is 0 Å². The highest BCUT2D eigenvalue weighted by atomic mass is 16.5. The standard InChI is InChI=1S/C13H16N4O3/c1-2-20-11(18)7-16-10-6-4-3-5-9(10)12(19)17-13(16)14-8-15-17/h8H,2-7H2,1H3. The lowest BCUT2D eigenvalue weighted by Crippen LogP contribution is -2.31. The lowest BCUT2D eigenvalue weighted by molar-refractivity contribution is -0.143. The first-order chi connectivity index (χ1) is 9.72. The van der Waals surface area contributed by atoms with E-state index >= 15 is 0 Å². The minimum absolute atomic E-state index is 0.0681. The molecular weight excluding hydrogens is 260 g/mol. The summed E-state index contributed by atoms with van der Waals surface area (Å²) in [5.74, 6) is 0.0810. The highest BCUT2D eigenvalue weighted by Crippen LogP contribution is 2.19. The monoisotopic (exact) mass is 276 g/mol. The van der Waals surface area contributed by atoms with E-state index in [1.807, 2.05) is 0 Å². The first-order valence-corrected chi connectivity index (χ1v) is 6.82. The molecule has 0 radical (unpaired) electrons. The van der Waals surface area contributed by atoms with Crippen molar-refractivity contribution in [2.45, 2.75) is 39.2 Å². The van der Waals surface area contributed by atoms with Gasteiger partial charge in [-0.05, 0) is 32.6 Å². The fourth-order valence-electron chi connectivity index (χ4n) is 2.73. The van der Waals surface area contributed by atoms with E-state index in [1.165, 1.54) is 10.8 Å². The summed E-state index contributed by atoms with van der Waals surface area (Å²) in [5.41, 5.74) is 1.53. The van der Waals surface area contributed by atoms with E-state index in [0.717, 1.165) is 36.9 Å². The first kappa shape index (κ1) is 12.8. The number of fused-ring (bicyclic) bond motifs is 2. The van der Waals surface area contributed by atoms with Gasteiger partial charge in [0.25, 0.3) is 5.56 Å². The van der Waals surface area contributed by atoms with Crippen LogP contribution in [-0.2, 0) is 28.9 Å². The maximum Gasteiger partial charge on any atom is 0.326 e. The van der Waals surface area contributed by atoms with Gasteiger partial charge in [0.1, 0.15) is 12.9 Å². The minimum Gasteiger partial charge on any atom is -0.465 e. The lowest BCUT2D eigenvalue weighted by atomic mass is 9.97. The number of aromatic nitrogens is 4. The van der Waals surface area contributed by atoms with Crippen molar-refractivity contribution in [3.8, 4) is 0 Å². The Morgan fingerprint density at radius 3 is 3.00 bits per heavy atom.